The van der Waals surface area contributed by atoms with Gasteiger partial charge in [-0.3, -0.25) is 4.79 Å². The molecule has 5 nitrogen and oxygen atoms in total. The van der Waals surface area contributed by atoms with Crippen LogP contribution in [0.4, 0.5) is 0 Å². The van der Waals surface area contributed by atoms with Crippen molar-refractivity contribution in [2.24, 2.45) is 0 Å². The average molecular weight is 284 g/mol. The van der Waals surface area contributed by atoms with Crippen LogP contribution in [0.1, 0.15) is 22.8 Å². The Bertz CT molecular complexity index is 553. The van der Waals surface area contributed by atoms with E-state index in [0.29, 0.717) is 24.2 Å². The highest BCUT2D eigenvalue weighted by Crippen LogP contribution is 2.16. The van der Waals surface area contributed by atoms with E-state index in [1.54, 1.807) is 19.1 Å². The molecule has 6 heteroatoms. The van der Waals surface area contributed by atoms with E-state index in [1.165, 1.54) is 6.07 Å². The fraction of sp³-hybridized carbons (Fsp3) is 0.462. The molecule has 1 aromatic carbocycles. The van der Waals surface area contributed by atoms with Gasteiger partial charge in [-0.05, 0) is 31.2 Å². The number of hydrogen-bond acceptors (Lipinski definition) is 4. The van der Waals surface area contributed by atoms with Crippen molar-refractivity contribution in [2.75, 3.05) is 25.9 Å². The van der Waals surface area contributed by atoms with E-state index in [4.69, 9.17) is 0 Å². The molecule has 1 rings (SSSR count). The average Bonchev–Trinajstić information content (AvgIpc) is 2.33. The number of rotatable bonds is 6. The molecule has 0 radical (unpaired) electrons. The zero-order valence-electron chi connectivity index (χ0n) is 11.5. The summed E-state index contributed by atoms with van der Waals surface area (Å²) < 4.78 is 23.2. The largest absolute Gasteiger partial charge is 0.351 e. The van der Waals surface area contributed by atoms with Crippen LogP contribution < -0.4 is 10.6 Å². The van der Waals surface area contributed by atoms with Gasteiger partial charge in [-0.1, -0.05) is 13.0 Å². The van der Waals surface area contributed by atoms with Crippen LogP contribution >= 0.6 is 0 Å². The van der Waals surface area contributed by atoms with Gasteiger partial charge in [0.15, 0.2) is 9.84 Å². The van der Waals surface area contributed by atoms with Gasteiger partial charge in [0.25, 0.3) is 5.91 Å². The number of carbonyl (C=O) groups excluding carboxylic acids is 1. The second-order valence-electron chi connectivity index (χ2n) is 4.36. The fourth-order valence-electron chi connectivity index (χ4n) is 1.68. The Hall–Kier alpha value is -1.40. The minimum Gasteiger partial charge on any atom is -0.351 e. The van der Waals surface area contributed by atoms with Gasteiger partial charge in [0, 0.05) is 24.9 Å². The zero-order valence-corrected chi connectivity index (χ0v) is 12.3. The highest BCUT2D eigenvalue weighted by Gasteiger charge is 2.14. The molecule has 0 atom stereocenters. The van der Waals surface area contributed by atoms with Crippen molar-refractivity contribution in [3.05, 3.63) is 29.3 Å². The van der Waals surface area contributed by atoms with Crippen LogP contribution in [-0.2, 0) is 9.84 Å². The van der Waals surface area contributed by atoms with Crippen LogP contribution in [0.3, 0.4) is 0 Å². The molecule has 106 valence electrons. The first-order valence-electron chi connectivity index (χ1n) is 6.16. The smallest absolute Gasteiger partial charge is 0.251 e. The van der Waals surface area contributed by atoms with Gasteiger partial charge >= 0.3 is 0 Å². The summed E-state index contributed by atoms with van der Waals surface area (Å²) in [5, 5.41) is 5.82. The third kappa shape index (κ3) is 4.65. The van der Waals surface area contributed by atoms with Gasteiger partial charge in [0.05, 0.1) is 4.90 Å². The van der Waals surface area contributed by atoms with Crippen LogP contribution in [0, 0.1) is 6.92 Å². The van der Waals surface area contributed by atoms with E-state index in [-0.39, 0.29) is 10.8 Å². The standard InChI is InChI=1S/C13H20N2O3S/c1-4-14-7-8-15-13(16)11-6-5-10(2)12(9-11)19(3,17)18/h5-6,9,14H,4,7-8H2,1-3H3,(H,15,16). The van der Waals surface area contributed by atoms with Crippen molar-refractivity contribution in [3.63, 3.8) is 0 Å². The van der Waals surface area contributed by atoms with Crippen LogP contribution in [0.15, 0.2) is 23.1 Å². The number of carbonyl (C=O) groups is 1. The van der Waals surface area contributed by atoms with E-state index in [1.807, 2.05) is 6.92 Å². The van der Waals surface area contributed by atoms with E-state index in [9.17, 15) is 13.2 Å². The molecule has 0 heterocycles. The van der Waals surface area contributed by atoms with E-state index >= 15 is 0 Å². The van der Waals surface area contributed by atoms with E-state index in [0.717, 1.165) is 12.8 Å². The Morgan fingerprint density at radius 3 is 2.53 bits per heavy atom. The Kier molecular flexibility index (Phi) is 5.50. The number of benzene rings is 1. The third-order valence-electron chi connectivity index (χ3n) is 2.69. The first-order chi connectivity index (χ1) is 8.86. The summed E-state index contributed by atoms with van der Waals surface area (Å²) in [6, 6.07) is 4.70. The molecular formula is C13H20N2O3S. The van der Waals surface area contributed by atoms with Crippen molar-refractivity contribution < 1.29 is 13.2 Å². The second kappa shape index (κ2) is 6.68. The molecular weight excluding hydrogens is 264 g/mol. The molecule has 0 fully saturated rings. The maximum Gasteiger partial charge on any atom is 0.251 e. The van der Waals surface area contributed by atoms with Gasteiger partial charge in [-0.15, -0.1) is 0 Å². The Morgan fingerprint density at radius 2 is 1.95 bits per heavy atom. The summed E-state index contributed by atoms with van der Waals surface area (Å²) in [5.41, 5.74) is 1.01. The lowest BCUT2D eigenvalue weighted by molar-refractivity contribution is 0.0953. The molecule has 0 aromatic heterocycles. The van der Waals surface area contributed by atoms with Crippen molar-refractivity contribution >= 4 is 15.7 Å². The van der Waals surface area contributed by atoms with Crippen molar-refractivity contribution in [1.82, 2.24) is 10.6 Å². The molecule has 0 aliphatic rings. The minimum absolute atomic E-state index is 0.201. The van der Waals surface area contributed by atoms with Crippen molar-refractivity contribution in [1.29, 1.82) is 0 Å². The topological polar surface area (TPSA) is 75.3 Å². The number of sulfone groups is 1. The van der Waals surface area contributed by atoms with Crippen molar-refractivity contribution in [3.8, 4) is 0 Å². The van der Waals surface area contributed by atoms with Crippen LogP contribution in [0.25, 0.3) is 0 Å². The highest BCUT2D eigenvalue weighted by molar-refractivity contribution is 7.90. The fourth-order valence-corrected chi connectivity index (χ4v) is 2.68. The lowest BCUT2D eigenvalue weighted by Gasteiger charge is -2.08. The molecule has 0 bridgehead atoms. The zero-order chi connectivity index (χ0) is 14.5. The summed E-state index contributed by atoms with van der Waals surface area (Å²) >= 11 is 0. The summed E-state index contributed by atoms with van der Waals surface area (Å²) in [7, 11) is -3.31. The van der Waals surface area contributed by atoms with E-state index in [2.05, 4.69) is 10.6 Å². The van der Waals surface area contributed by atoms with Gasteiger partial charge in [-0.25, -0.2) is 8.42 Å². The summed E-state index contributed by atoms with van der Waals surface area (Å²) in [6.45, 7) is 5.74. The predicted molar refractivity (Wildman–Crippen MR) is 75.2 cm³/mol. The first kappa shape index (κ1) is 15.7. The SMILES string of the molecule is CCNCCNC(=O)c1ccc(C)c(S(C)(=O)=O)c1. The van der Waals surface area contributed by atoms with Gasteiger partial charge in [0.2, 0.25) is 0 Å². The molecule has 2 N–H and O–H groups in total. The summed E-state index contributed by atoms with van der Waals surface area (Å²) in [4.78, 5) is 12.1. The number of nitrogens with one attached hydrogen (secondary N) is 2. The number of amides is 1. The lowest BCUT2D eigenvalue weighted by atomic mass is 10.1. The Labute approximate surface area is 114 Å². The molecule has 0 saturated carbocycles. The number of aryl methyl sites for hydroxylation is 1. The normalized spacial score (nSPS) is 11.3. The molecule has 1 aromatic rings. The predicted octanol–water partition coefficient (Wildman–Crippen LogP) is 0.738. The number of likely N-dealkylation sites (N-methyl/N-ethyl adjacent to an activating group) is 1. The van der Waals surface area contributed by atoms with Gasteiger partial charge in [0.1, 0.15) is 0 Å². The molecule has 0 unspecified atom stereocenters. The van der Waals surface area contributed by atoms with Crippen LogP contribution in [-0.4, -0.2) is 40.2 Å². The molecule has 0 saturated heterocycles. The van der Waals surface area contributed by atoms with Crippen LogP contribution in [0.2, 0.25) is 0 Å². The third-order valence-corrected chi connectivity index (χ3v) is 3.93. The summed E-state index contributed by atoms with van der Waals surface area (Å²) in [5.74, 6) is -0.261. The Balaban J connectivity index is 2.82. The van der Waals surface area contributed by atoms with E-state index < -0.39 is 9.84 Å². The molecule has 19 heavy (non-hydrogen) atoms. The maximum absolute atomic E-state index is 11.9. The highest BCUT2D eigenvalue weighted by atomic mass is 32.2. The minimum atomic E-state index is -3.31. The summed E-state index contributed by atoms with van der Waals surface area (Å²) in [6.07, 6.45) is 1.14. The Morgan fingerprint density at radius 1 is 1.26 bits per heavy atom. The quantitative estimate of drug-likeness (QED) is 0.756. The van der Waals surface area contributed by atoms with Crippen molar-refractivity contribution in [2.45, 2.75) is 18.7 Å². The second-order valence-corrected chi connectivity index (χ2v) is 6.35. The molecule has 1 amide bonds. The molecule has 0 spiro atoms. The van der Waals surface area contributed by atoms with Gasteiger partial charge in [-0.2, -0.15) is 0 Å². The monoisotopic (exact) mass is 284 g/mol. The molecule has 0 aliphatic carbocycles. The number of hydrogen-bond donors (Lipinski definition) is 2. The first-order valence-corrected chi connectivity index (χ1v) is 8.05. The van der Waals surface area contributed by atoms with Crippen LogP contribution in [0.5, 0.6) is 0 Å². The van der Waals surface area contributed by atoms with Gasteiger partial charge < -0.3 is 10.6 Å². The maximum atomic E-state index is 11.9. The molecule has 0 aliphatic heterocycles. The lowest BCUT2D eigenvalue weighted by Crippen LogP contribution is -2.31.